The number of furan rings is 1. The Hall–Kier alpha value is -3.13. The Morgan fingerprint density at radius 1 is 1.29 bits per heavy atom. The summed E-state index contributed by atoms with van der Waals surface area (Å²) in [6.07, 6.45) is 5.66. The van der Waals surface area contributed by atoms with Gasteiger partial charge in [0.15, 0.2) is 0 Å². The lowest BCUT2D eigenvalue weighted by molar-refractivity contribution is -0.131. The SMILES string of the molecule is CC(C)(C)c1ccc2occ(CC(=O)N(CCC#N)Cc3cccnc3)c2c1. The van der Waals surface area contributed by atoms with E-state index < -0.39 is 0 Å². The van der Waals surface area contributed by atoms with Crippen molar-refractivity contribution in [3.63, 3.8) is 0 Å². The Morgan fingerprint density at radius 2 is 2.11 bits per heavy atom. The number of amides is 1. The highest BCUT2D eigenvalue weighted by Gasteiger charge is 2.19. The van der Waals surface area contributed by atoms with Gasteiger partial charge in [-0.05, 0) is 34.7 Å². The van der Waals surface area contributed by atoms with Crippen LogP contribution in [-0.2, 0) is 23.2 Å². The van der Waals surface area contributed by atoms with Crippen molar-refractivity contribution < 1.29 is 9.21 Å². The standard InChI is InChI=1S/C23H25N3O2/c1-23(2,3)19-7-8-21-20(13-19)18(16-28-21)12-22(27)26(11-5-9-24)15-17-6-4-10-25-14-17/h4,6-8,10,13-14,16H,5,11-12,15H2,1-3H3. The third-order valence-corrected chi connectivity index (χ3v) is 4.80. The third kappa shape index (κ3) is 4.58. The molecule has 0 radical (unpaired) electrons. The molecule has 5 nitrogen and oxygen atoms in total. The number of carbonyl (C=O) groups excluding carboxylic acids is 1. The van der Waals surface area contributed by atoms with Gasteiger partial charge in [-0.3, -0.25) is 9.78 Å². The Balaban J connectivity index is 1.83. The van der Waals surface area contributed by atoms with Crippen LogP contribution in [0.5, 0.6) is 0 Å². The number of hydrogen-bond donors (Lipinski definition) is 0. The van der Waals surface area contributed by atoms with Crippen molar-refractivity contribution in [1.29, 1.82) is 5.26 Å². The molecule has 0 aliphatic rings. The van der Waals surface area contributed by atoms with Crippen LogP contribution < -0.4 is 0 Å². The first-order chi connectivity index (χ1) is 13.4. The fraction of sp³-hybridized carbons (Fsp3) is 0.348. The fourth-order valence-corrected chi connectivity index (χ4v) is 3.15. The van der Waals surface area contributed by atoms with E-state index in [4.69, 9.17) is 9.68 Å². The van der Waals surface area contributed by atoms with Gasteiger partial charge in [0.05, 0.1) is 25.2 Å². The molecule has 1 amide bonds. The Kier molecular flexibility index (Phi) is 5.79. The highest BCUT2D eigenvalue weighted by molar-refractivity contribution is 5.88. The van der Waals surface area contributed by atoms with Crippen LogP contribution >= 0.6 is 0 Å². The molecule has 3 rings (SSSR count). The second-order valence-electron chi connectivity index (χ2n) is 7.98. The van der Waals surface area contributed by atoms with Crippen LogP contribution in [0.1, 0.15) is 43.9 Å². The molecule has 0 saturated heterocycles. The molecule has 5 heteroatoms. The summed E-state index contributed by atoms with van der Waals surface area (Å²) in [6.45, 7) is 7.33. The van der Waals surface area contributed by atoms with Gasteiger partial charge in [0.25, 0.3) is 0 Å². The molecule has 0 spiro atoms. The number of aromatic nitrogens is 1. The Morgan fingerprint density at radius 3 is 2.79 bits per heavy atom. The van der Waals surface area contributed by atoms with Crippen molar-refractivity contribution >= 4 is 16.9 Å². The second-order valence-corrected chi connectivity index (χ2v) is 7.98. The van der Waals surface area contributed by atoms with Gasteiger partial charge in [0.1, 0.15) is 5.58 Å². The lowest BCUT2D eigenvalue weighted by Gasteiger charge is -2.22. The topological polar surface area (TPSA) is 70.1 Å². The van der Waals surface area contributed by atoms with Crippen molar-refractivity contribution in [3.05, 3.63) is 65.7 Å². The van der Waals surface area contributed by atoms with Crippen molar-refractivity contribution in [2.75, 3.05) is 6.54 Å². The predicted octanol–water partition coefficient (Wildman–Crippen LogP) is 4.61. The van der Waals surface area contributed by atoms with E-state index in [0.717, 1.165) is 22.1 Å². The summed E-state index contributed by atoms with van der Waals surface area (Å²) in [7, 11) is 0. The molecule has 0 bridgehead atoms. The summed E-state index contributed by atoms with van der Waals surface area (Å²) < 4.78 is 5.66. The summed E-state index contributed by atoms with van der Waals surface area (Å²) in [5, 5.41) is 9.93. The smallest absolute Gasteiger partial charge is 0.227 e. The van der Waals surface area contributed by atoms with Crippen LogP contribution in [0.4, 0.5) is 0 Å². The average molecular weight is 375 g/mol. The van der Waals surface area contributed by atoms with E-state index in [2.05, 4.69) is 44.0 Å². The van der Waals surface area contributed by atoms with Crippen LogP contribution in [-0.4, -0.2) is 22.3 Å². The lowest BCUT2D eigenvalue weighted by Crippen LogP contribution is -2.32. The number of fused-ring (bicyclic) bond motifs is 1. The summed E-state index contributed by atoms with van der Waals surface area (Å²) in [5.74, 6) is -0.0250. The Bertz CT molecular complexity index is 994. The highest BCUT2D eigenvalue weighted by Crippen LogP contribution is 2.29. The second kappa shape index (κ2) is 8.26. The van der Waals surface area contributed by atoms with E-state index >= 15 is 0 Å². The zero-order chi connectivity index (χ0) is 20.1. The molecule has 28 heavy (non-hydrogen) atoms. The first-order valence-electron chi connectivity index (χ1n) is 9.42. The summed E-state index contributed by atoms with van der Waals surface area (Å²) in [6, 6.07) is 12.1. The van der Waals surface area contributed by atoms with E-state index in [0.29, 0.717) is 19.5 Å². The number of hydrogen-bond acceptors (Lipinski definition) is 4. The molecule has 0 N–H and O–H groups in total. The quantitative estimate of drug-likeness (QED) is 0.631. The molecule has 0 unspecified atom stereocenters. The molecule has 144 valence electrons. The first kappa shape index (κ1) is 19.6. The molecular formula is C23H25N3O2. The van der Waals surface area contributed by atoms with E-state index in [-0.39, 0.29) is 17.7 Å². The Labute approximate surface area is 165 Å². The largest absolute Gasteiger partial charge is 0.464 e. The molecular weight excluding hydrogens is 350 g/mol. The van der Waals surface area contributed by atoms with Gasteiger partial charge in [0, 0.05) is 36.4 Å². The number of nitriles is 1. The molecule has 3 aromatic rings. The van der Waals surface area contributed by atoms with Gasteiger partial charge < -0.3 is 9.32 Å². The monoisotopic (exact) mass is 375 g/mol. The van der Waals surface area contributed by atoms with Crippen LogP contribution in [0.3, 0.4) is 0 Å². The van der Waals surface area contributed by atoms with E-state index in [9.17, 15) is 4.79 Å². The zero-order valence-corrected chi connectivity index (χ0v) is 16.6. The molecule has 0 aliphatic carbocycles. The average Bonchev–Trinajstić information content (AvgIpc) is 3.07. The number of rotatable bonds is 6. The number of carbonyl (C=O) groups is 1. The lowest BCUT2D eigenvalue weighted by atomic mass is 9.86. The molecule has 2 aromatic heterocycles. The van der Waals surface area contributed by atoms with Gasteiger partial charge in [-0.1, -0.05) is 32.9 Å². The third-order valence-electron chi connectivity index (χ3n) is 4.80. The molecule has 0 aliphatic heterocycles. The van der Waals surface area contributed by atoms with Crippen molar-refractivity contribution in [2.24, 2.45) is 0 Å². The zero-order valence-electron chi connectivity index (χ0n) is 16.6. The molecule has 0 saturated carbocycles. The van der Waals surface area contributed by atoms with Gasteiger partial charge >= 0.3 is 0 Å². The van der Waals surface area contributed by atoms with Gasteiger partial charge in [0.2, 0.25) is 5.91 Å². The maximum absolute atomic E-state index is 13.0. The first-order valence-corrected chi connectivity index (χ1v) is 9.42. The van der Waals surface area contributed by atoms with Crippen molar-refractivity contribution in [1.82, 2.24) is 9.88 Å². The number of nitrogens with zero attached hydrogens (tertiary/aromatic N) is 3. The van der Waals surface area contributed by atoms with Crippen LogP contribution in [0.15, 0.2) is 53.4 Å². The minimum atomic E-state index is -0.0250. The molecule has 2 heterocycles. The number of benzene rings is 1. The van der Waals surface area contributed by atoms with Gasteiger partial charge in [-0.15, -0.1) is 0 Å². The van der Waals surface area contributed by atoms with Crippen molar-refractivity contribution in [2.45, 2.75) is 45.6 Å². The maximum atomic E-state index is 13.0. The fourth-order valence-electron chi connectivity index (χ4n) is 3.15. The predicted molar refractivity (Wildman–Crippen MR) is 109 cm³/mol. The van der Waals surface area contributed by atoms with Gasteiger partial charge in [-0.2, -0.15) is 5.26 Å². The van der Waals surface area contributed by atoms with Crippen LogP contribution in [0, 0.1) is 11.3 Å². The summed E-state index contributed by atoms with van der Waals surface area (Å²) in [4.78, 5) is 18.8. The van der Waals surface area contributed by atoms with Crippen molar-refractivity contribution in [3.8, 4) is 6.07 Å². The number of pyridine rings is 1. The normalized spacial score (nSPS) is 11.4. The minimum Gasteiger partial charge on any atom is -0.464 e. The summed E-state index contributed by atoms with van der Waals surface area (Å²) in [5.41, 5.74) is 3.82. The van der Waals surface area contributed by atoms with Crippen LogP contribution in [0.2, 0.25) is 0 Å². The highest BCUT2D eigenvalue weighted by atomic mass is 16.3. The van der Waals surface area contributed by atoms with E-state index in [1.165, 1.54) is 5.56 Å². The van der Waals surface area contributed by atoms with E-state index in [1.54, 1.807) is 23.6 Å². The van der Waals surface area contributed by atoms with Gasteiger partial charge in [-0.25, -0.2) is 0 Å². The van der Waals surface area contributed by atoms with E-state index in [1.807, 2.05) is 18.2 Å². The minimum absolute atomic E-state index is 0.0197. The summed E-state index contributed by atoms with van der Waals surface area (Å²) >= 11 is 0. The maximum Gasteiger partial charge on any atom is 0.227 e. The molecule has 1 aromatic carbocycles. The molecule has 0 fully saturated rings. The molecule has 0 atom stereocenters. The van der Waals surface area contributed by atoms with Crippen LogP contribution in [0.25, 0.3) is 11.0 Å².